The quantitative estimate of drug-likeness (QED) is 0.887. The Bertz CT molecular complexity index is 574. The molecule has 0 fully saturated rings. The van der Waals surface area contributed by atoms with Gasteiger partial charge in [0.2, 0.25) is 0 Å². The molecule has 0 amide bonds. The largest absolute Gasteiger partial charge is 0.497 e. The zero-order valence-electron chi connectivity index (χ0n) is 11.6. The number of aliphatic hydroxyl groups excluding tert-OH is 1. The smallest absolute Gasteiger partial charge is 0.126 e. The lowest BCUT2D eigenvalue weighted by Crippen LogP contribution is -2.26. The molecule has 0 aromatic heterocycles. The van der Waals surface area contributed by atoms with Gasteiger partial charge in [0.25, 0.3) is 0 Å². The molecule has 2 aromatic rings. The maximum atomic E-state index is 9.10. The van der Waals surface area contributed by atoms with Gasteiger partial charge < -0.3 is 20.3 Å². The molecule has 0 heterocycles. The summed E-state index contributed by atoms with van der Waals surface area (Å²) >= 11 is 0. The fourth-order valence-corrected chi connectivity index (χ4v) is 2.19. The van der Waals surface area contributed by atoms with Crippen molar-refractivity contribution < 1.29 is 14.6 Å². The van der Waals surface area contributed by atoms with Crippen LogP contribution in [0, 0.1) is 0 Å². The van der Waals surface area contributed by atoms with Gasteiger partial charge in [0.1, 0.15) is 11.5 Å². The van der Waals surface area contributed by atoms with Crippen molar-refractivity contribution in [2.75, 3.05) is 20.8 Å². The van der Waals surface area contributed by atoms with Crippen molar-refractivity contribution in [1.29, 1.82) is 0 Å². The fraction of sp³-hybridized carbons (Fsp3) is 0.333. The summed E-state index contributed by atoms with van der Waals surface area (Å²) in [7, 11) is 3.29. The van der Waals surface area contributed by atoms with E-state index < -0.39 is 0 Å². The first kappa shape index (κ1) is 16.6. The number of nitrogens with two attached hydrogens (primary N) is 1. The second-order valence-corrected chi connectivity index (χ2v) is 4.49. The third kappa shape index (κ3) is 3.33. The Kier molecular flexibility index (Phi) is 6.07. The van der Waals surface area contributed by atoms with Crippen LogP contribution in [-0.2, 0) is 6.42 Å². The predicted octanol–water partition coefficient (Wildman–Crippen LogP) is 2.14. The molecule has 3 N–H and O–H groups in total. The number of ether oxygens (including phenoxy) is 2. The Labute approximate surface area is 124 Å². The number of aliphatic hydroxyl groups is 1. The number of hydrogen-bond donors (Lipinski definition) is 2. The number of benzene rings is 2. The molecule has 2 aromatic carbocycles. The van der Waals surface area contributed by atoms with Crippen LogP contribution in [0.1, 0.15) is 5.56 Å². The van der Waals surface area contributed by atoms with E-state index in [9.17, 15) is 0 Å². The summed E-state index contributed by atoms with van der Waals surface area (Å²) in [5, 5.41) is 11.2. The van der Waals surface area contributed by atoms with Gasteiger partial charge in [-0.2, -0.15) is 0 Å². The average Bonchev–Trinajstić information content (AvgIpc) is 2.46. The second-order valence-electron chi connectivity index (χ2n) is 4.49. The van der Waals surface area contributed by atoms with Crippen molar-refractivity contribution in [3.63, 3.8) is 0 Å². The summed E-state index contributed by atoms with van der Waals surface area (Å²) in [6.45, 7) is -0.0303. The van der Waals surface area contributed by atoms with Crippen LogP contribution in [0.15, 0.2) is 30.3 Å². The van der Waals surface area contributed by atoms with Crippen LogP contribution >= 0.6 is 12.4 Å². The summed E-state index contributed by atoms with van der Waals surface area (Å²) < 4.78 is 10.6. The van der Waals surface area contributed by atoms with Gasteiger partial charge in [-0.15, -0.1) is 12.4 Å². The number of methoxy groups -OCH3 is 2. The first-order chi connectivity index (χ1) is 9.19. The Morgan fingerprint density at radius 1 is 1.10 bits per heavy atom. The molecule has 0 spiro atoms. The van der Waals surface area contributed by atoms with Crippen molar-refractivity contribution >= 4 is 23.2 Å². The molecule has 2 rings (SSSR count). The Balaban J connectivity index is 0.00000200. The Morgan fingerprint density at radius 2 is 1.85 bits per heavy atom. The summed E-state index contributed by atoms with van der Waals surface area (Å²) in [6, 6.07) is 9.49. The van der Waals surface area contributed by atoms with Crippen LogP contribution in [0.5, 0.6) is 11.5 Å². The van der Waals surface area contributed by atoms with E-state index in [0.29, 0.717) is 6.42 Å². The SMILES string of the molecule is COc1ccc2c(OC)ccc(CC(N)CO)c2c1.Cl. The Hall–Kier alpha value is -1.49. The summed E-state index contributed by atoms with van der Waals surface area (Å²) in [4.78, 5) is 0. The zero-order valence-corrected chi connectivity index (χ0v) is 12.4. The molecule has 1 atom stereocenters. The van der Waals surface area contributed by atoms with E-state index >= 15 is 0 Å². The lowest BCUT2D eigenvalue weighted by atomic mass is 9.98. The molecule has 20 heavy (non-hydrogen) atoms. The summed E-state index contributed by atoms with van der Waals surface area (Å²) in [5.74, 6) is 1.61. The molecule has 0 saturated carbocycles. The number of fused-ring (bicyclic) bond motifs is 1. The first-order valence-corrected chi connectivity index (χ1v) is 6.19. The highest BCUT2D eigenvalue weighted by atomic mass is 35.5. The van der Waals surface area contributed by atoms with E-state index in [1.165, 1.54) is 0 Å². The molecule has 0 saturated heterocycles. The minimum Gasteiger partial charge on any atom is -0.497 e. The number of rotatable bonds is 5. The monoisotopic (exact) mass is 297 g/mol. The molecule has 110 valence electrons. The normalized spacial score (nSPS) is 11.8. The van der Waals surface area contributed by atoms with E-state index in [1.807, 2.05) is 30.3 Å². The topological polar surface area (TPSA) is 64.7 Å². The molecule has 4 nitrogen and oxygen atoms in total. The molecule has 5 heteroatoms. The van der Waals surface area contributed by atoms with Gasteiger partial charge >= 0.3 is 0 Å². The number of hydrogen-bond acceptors (Lipinski definition) is 4. The van der Waals surface area contributed by atoms with E-state index in [2.05, 4.69) is 0 Å². The number of halogens is 1. The van der Waals surface area contributed by atoms with Crippen LogP contribution in [0.4, 0.5) is 0 Å². The van der Waals surface area contributed by atoms with Gasteiger partial charge in [-0.3, -0.25) is 0 Å². The molecule has 0 aliphatic heterocycles. The minimum atomic E-state index is -0.261. The fourth-order valence-electron chi connectivity index (χ4n) is 2.19. The molecule has 1 unspecified atom stereocenters. The zero-order chi connectivity index (χ0) is 13.8. The van der Waals surface area contributed by atoms with Crippen LogP contribution in [0.2, 0.25) is 0 Å². The van der Waals surface area contributed by atoms with Gasteiger partial charge in [-0.05, 0) is 41.6 Å². The van der Waals surface area contributed by atoms with Crippen molar-refractivity contribution in [1.82, 2.24) is 0 Å². The maximum absolute atomic E-state index is 9.10. The highest BCUT2D eigenvalue weighted by Crippen LogP contribution is 2.31. The van der Waals surface area contributed by atoms with Crippen LogP contribution < -0.4 is 15.2 Å². The highest BCUT2D eigenvalue weighted by Gasteiger charge is 2.10. The molecule has 0 bridgehead atoms. The van der Waals surface area contributed by atoms with Crippen molar-refractivity contribution in [2.24, 2.45) is 5.73 Å². The van der Waals surface area contributed by atoms with E-state index in [1.54, 1.807) is 14.2 Å². The highest BCUT2D eigenvalue weighted by molar-refractivity contribution is 5.92. The van der Waals surface area contributed by atoms with Crippen molar-refractivity contribution in [3.05, 3.63) is 35.9 Å². The molecular weight excluding hydrogens is 278 g/mol. The first-order valence-electron chi connectivity index (χ1n) is 6.19. The standard InChI is InChI=1S/C15H19NO3.ClH/c1-18-12-4-5-13-14(8-12)10(7-11(16)9-17)3-6-15(13)19-2;/h3-6,8,11,17H,7,9,16H2,1-2H3;1H. The summed E-state index contributed by atoms with van der Waals surface area (Å²) in [5.41, 5.74) is 6.90. The predicted molar refractivity (Wildman–Crippen MR) is 83.1 cm³/mol. The van der Waals surface area contributed by atoms with Gasteiger partial charge in [0, 0.05) is 11.4 Å². The minimum absolute atomic E-state index is 0. The average molecular weight is 298 g/mol. The van der Waals surface area contributed by atoms with Crippen molar-refractivity contribution in [3.8, 4) is 11.5 Å². The van der Waals surface area contributed by atoms with E-state index in [4.69, 9.17) is 20.3 Å². The molecule has 0 aliphatic carbocycles. The second kappa shape index (κ2) is 7.33. The van der Waals surface area contributed by atoms with Gasteiger partial charge in [0.15, 0.2) is 0 Å². The van der Waals surface area contributed by atoms with E-state index in [0.717, 1.165) is 27.8 Å². The van der Waals surface area contributed by atoms with Gasteiger partial charge in [-0.25, -0.2) is 0 Å². The Morgan fingerprint density at radius 3 is 2.45 bits per heavy atom. The summed E-state index contributed by atoms with van der Waals surface area (Å²) in [6.07, 6.45) is 0.615. The maximum Gasteiger partial charge on any atom is 0.126 e. The molecule has 0 aliphatic rings. The third-order valence-electron chi connectivity index (χ3n) is 3.21. The lowest BCUT2D eigenvalue weighted by molar-refractivity contribution is 0.265. The molecular formula is C15H20ClNO3. The van der Waals surface area contributed by atoms with Crippen LogP contribution in [0.3, 0.4) is 0 Å². The van der Waals surface area contributed by atoms with Gasteiger partial charge in [-0.1, -0.05) is 6.07 Å². The van der Waals surface area contributed by atoms with Gasteiger partial charge in [0.05, 0.1) is 20.8 Å². The molecule has 0 radical (unpaired) electrons. The lowest BCUT2D eigenvalue weighted by Gasteiger charge is -2.14. The van der Waals surface area contributed by atoms with Crippen molar-refractivity contribution in [2.45, 2.75) is 12.5 Å². The van der Waals surface area contributed by atoms with E-state index in [-0.39, 0.29) is 25.1 Å². The third-order valence-corrected chi connectivity index (χ3v) is 3.21. The van der Waals surface area contributed by atoms with Crippen LogP contribution in [-0.4, -0.2) is 32.0 Å². The van der Waals surface area contributed by atoms with Crippen LogP contribution in [0.25, 0.3) is 10.8 Å².